The third-order valence-electron chi connectivity index (χ3n) is 3.00. The number of hydrogen-bond acceptors (Lipinski definition) is 2. The number of ketones is 1. The van der Waals surface area contributed by atoms with Gasteiger partial charge in [0.2, 0.25) is 0 Å². The first-order chi connectivity index (χ1) is 10.4. The lowest BCUT2D eigenvalue weighted by Gasteiger charge is -2.09. The maximum Gasteiger partial charge on any atom is 0.251 e. The first-order valence-corrected chi connectivity index (χ1v) is 7.54. The maximum absolute atomic E-state index is 12.1. The van der Waals surface area contributed by atoms with Gasteiger partial charge in [-0.15, -0.1) is 0 Å². The predicted octanol–water partition coefficient (Wildman–Crippen LogP) is 4.78. The van der Waals surface area contributed by atoms with E-state index in [2.05, 4.69) is 5.32 Å². The molecule has 3 nitrogen and oxygen atoms in total. The molecule has 0 aliphatic rings. The predicted molar refractivity (Wildman–Crippen MR) is 89.1 cm³/mol. The van der Waals surface area contributed by atoms with E-state index in [4.69, 9.17) is 34.8 Å². The molecular weight excluding hydrogens is 345 g/mol. The highest BCUT2D eigenvalue weighted by Gasteiger charge is 2.15. The number of amides is 1. The van der Waals surface area contributed by atoms with E-state index in [0.717, 1.165) is 5.56 Å². The Balaban J connectivity index is 2.15. The summed E-state index contributed by atoms with van der Waals surface area (Å²) in [7, 11) is 0. The zero-order chi connectivity index (χ0) is 16.3. The Morgan fingerprint density at radius 3 is 2.23 bits per heavy atom. The van der Waals surface area contributed by atoms with Gasteiger partial charge in [0.1, 0.15) is 0 Å². The minimum atomic E-state index is -0.334. The third-order valence-corrected chi connectivity index (χ3v) is 3.83. The molecule has 0 spiro atoms. The van der Waals surface area contributed by atoms with Crippen molar-refractivity contribution in [3.63, 3.8) is 0 Å². The molecule has 0 fully saturated rings. The molecule has 2 aromatic carbocycles. The number of benzene rings is 2. The van der Waals surface area contributed by atoms with Crippen molar-refractivity contribution < 1.29 is 9.59 Å². The standard InChI is InChI=1S/C16H12Cl3NO2/c1-9(21)15-13(18)6-11(7-14(15)19)16(22)20-8-10-3-2-4-12(17)5-10/h2-7H,8H2,1H3,(H,20,22). The van der Waals surface area contributed by atoms with Crippen molar-refractivity contribution in [1.82, 2.24) is 5.32 Å². The molecule has 6 heteroatoms. The van der Waals surface area contributed by atoms with Crippen molar-refractivity contribution in [3.05, 3.63) is 68.2 Å². The Hall–Kier alpha value is -1.55. The lowest BCUT2D eigenvalue weighted by atomic mass is 10.1. The molecule has 0 aliphatic heterocycles. The topological polar surface area (TPSA) is 46.2 Å². The minimum absolute atomic E-state index is 0.160. The SMILES string of the molecule is CC(=O)c1c(Cl)cc(C(=O)NCc2cccc(Cl)c2)cc1Cl. The Morgan fingerprint density at radius 1 is 1.05 bits per heavy atom. The van der Waals surface area contributed by atoms with Gasteiger partial charge in [0.25, 0.3) is 5.91 Å². The highest BCUT2D eigenvalue weighted by Crippen LogP contribution is 2.27. The molecule has 0 saturated carbocycles. The summed E-state index contributed by atoms with van der Waals surface area (Å²) in [6.45, 7) is 1.69. The molecule has 2 rings (SSSR count). The zero-order valence-electron chi connectivity index (χ0n) is 11.6. The molecule has 0 aromatic heterocycles. The Morgan fingerprint density at radius 2 is 1.68 bits per heavy atom. The van der Waals surface area contributed by atoms with E-state index in [9.17, 15) is 9.59 Å². The van der Waals surface area contributed by atoms with Crippen LogP contribution in [0, 0.1) is 0 Å². The lowest BCUT2D eigenvalue weighted by molar-refractivity contribution is 0.0949. The first kappa shape index (κ1) is 16.8. The second-order valence-corrected chi connectivity index (χ2v) is 5.93. The van der Waals surface area contributed by atoms with Gasteiger partial charge in [-0.05, 0) is 36.8 Å². The normalized spacial score (nSPS) is 10.4. The van der Waals surface area contributed by atoms with Crippen molar-refractivity contribution in [3.8, 4) is 0 Å². The number of hydrogen-bond donors (Lipinski definition) is 1. The number of carbonyl (C=O) groups excluding carboxylic acids is 2. The van der Waals surface area contributed by atoms with E-state index in [-0.39, 0.29) is 27.3 Å². The molecule has 0 unspecified atom stereocenters. The quantitative estimate of drug-likeness (QED) is 0.801. The van der Waals surface area contributed by atoms with E-state index in [1.54, 1.807) is 18.2 Å². The van der Waals surface area contributed by atoms with Gasteiger partial charge in [-0.25, -0.2) is 0 Å². The summed E-state index contributed by atoms with van der Waals surface area (Å²) in [4.78, 5) is 23.6. The second-order valence-electron chi connectivity index (χ2n) is 4.68. The number of carbonyl (C=O) groups is 2. The summed E-state index contributed by atoms with van der Waals surface area (Å²) < 4.78 is 0. The number of rotatable bonds is 4. The van der Waals surface area contributed by atoms with Gasteiger partial charge in [0.05, 0.1) is 15.6 Å². The Bertz CT molecular complexity index is 721. The molecule has 22 heavy (non-hydrogen) atoms. The van der Waals surface area contributed by atoms with Gasteiger partial charge < -0.3 is 5.32 Å². The fourth-order valence-corrected chi connectivity index (χ4v) is 2.94. The van der Waals surface area contributed by atoms with E-state index >= 15 is 0 Å². The van der Waals surface area contributed by atoms with Crippen LogP contribution >= 0.6 is 34.8 Å². The average molecular weight is 357 g/mol. The van der Waals surface area contributed by atoms with Crippen molar-refractivity contribution in [1.29, 1.82) is 0 Å². The average Bonchev–Trinajstić information content (AvgIpc) is 2.43. The molecule has 1 N–H and O–H groups in total. The van der Waals surface area contributed by atoms with Crippen LogP contribution in [0.1, 0.15) is 33.2 Å². The molecule has 114 valence electrons. The van der Waals surface area contributed by atoms with Crippen LogP contribution in [-0.4, -0.2) is 11.7 Å². The van der Waals surface area contributed by atoms with E-state index in [1.807, 2.05) is 6.07 Å². The summed E-state index contributed by atoms with van der Waals surface area (Å²) in [6, 6.07) is 10.0. The van der Waals surface area contributed by atoms with Crippen LogP contribution < -0.4 is 5.32 Å². The van der Waals surface area contributed by atoms with Crippen LogP contribution in [0.25, 0.3) is 0 Å². The highest BCUT2D eigenvalue weighted by atomic mass is 35.5. The largest absolute Gasteiger partial charge is 0.348 e. The fraction of sp³-hybridized carbons (Fsp3) is 0.125. The van der Waals surface area contributed by atoms with Gasteiger partial charge >= 0.3 is 0 Å². The second kappa shape index (κ2) is 7.14. The van der Waals surface area contributed by atoms with Crippen LogP contribution in [0.5, 0.6) is 0 Å². The van der Waals surface area contributed by atoms with Crippen molar-refractivity contribution in [2.45, 2.75) is 13.5 Å². The van der Waals surface area contributed by atoms with Crippen LogP contribution in [0.3, 0.4) is 0 Å². The van der Waals surface area contributed by atoms with E-state index < -0.39 is 0 Å². The van der Waals surface area contributed by atoms with Gasteiger partial charge in [0.15, 0.2) is 5.78 Å². The molecule has 2 aromatic rings. The maximum atomic E-state index is 12.1. The highest BCUT2D eigenvalue weighted by molar-refractivity contribution is 6.40. The summed E-state index contributed by atoms with van der Waals surface area (Å²) in [5.74, 6) is -0.584. The Labute approximate surface area is 143 Å². The van der Waals surface area contributed by atoms with Crippen molar-refractivity contribution in [2.24, 2.45) is 0 Å². The number of Topliss-reactive ketones (excluding diaryl/α,β-unsaturated/α-hetero) is 1. The Kier molecular flexibility index (Phi) is 5.46. The van der Waals surface area contributed by atoms with Gasteiger partial charge in [-0.3, -0.25) is 9.59 Å². The summed E-state index contributed by atoms with van der Waals surface area (Å²) >= 11 is 17.9. The molecule has 0 heterocycles. The smallest absolute Gasteiger partial charge is 0.251 e. The van der Waals surface area contributed by atoms with Crippen molar-refractivity contribution in [2.75, 3.05) is 0 Å². The zero-order valence-corrected chi connectivity index (χ0v) is 13.9. The van der Waals surface area contributed by atoms with Crippen molar-refractivity contribution >= 4 is 46.5 Å². The summed E-state index contributed by atoms with van der Waals surface area (Å²) in [5.41, 5.74) is 1.38. The van der Waals surface area contributed by atoms with Crippen LogP contribution in [0.15, 0.2) is 36.4 Å². The first-order valence-electron chi connectivity index (χ1n) is 6.41. The third kappa shape index (κ3) is 4.01. The van der Waals surface area contributed by atoms with Crippen LogP contribution in [-0.2, 0) is 6.54 Å². The van der Waals surface area contributed by atoms with Crippen LogP contribution in [0.4, 0.5) is 0 Å². The van der Waals surface area contributed by atoms with Gasteiger partial charge in [-0.1, -0.05) is 46.9 Å². The van der Waals surface area contributed by atoms with Gasteiger partial charge in [-0.2, -0.15) is 0 Å². The summed E-state index contributed by atoms with van der Waals surface area (Å²) in [6.07, 6.45) is 0. The van der Waals surface area contributed by atoms with E-state index in [0.29, 0.717) is 17.1 Å². The lowest BCUT2D eigenvalue weighted by Crippen LogP contribution is -2.23. The monoisotopic (exact) mass is 355 g/mol. The minimum Gasteiger partial charge on any atom is -0.348 e. The number of halogens is 3. The van der Waals surface area contributed by atoms with E-state index in [1.165, 1.54) is 19.1 Å². The molecular formula is C16H12Cl3NO2. The molecule has 0 saturated heterocycles. The molecule has 0 bridgehead atoms. The summed E-state index contributed by atoms with van der Waals surface area (Å²) in [5, 5.41) is 3.67. The molecule has 0 atom stereocenters. The fourth-order valence-electron chi connectivity index (χ4n) is 1.97. The molecule has 0 aliphatic carbocycles. The number of nitrogens with one attached hydrogen (secondary N) is 1. The van der Waals surface area contributed by atoms with Gasteiger partial charge in [0, 0.05) is 17.1 Å². The molecule has 1 amide bonds. The molecule has 0 radical (unpaired) electrons. The van der Waals surface area contributed by atoms with Crippen LogP contribution in [0.2, 0.25) is 15.1 Å².